The van der Waals surface area contributed by atoms with Gasteiger partial charge in [0.15, 0.2) is 5.78 Å². The van der Waals surface area contributed by atoms with Crippen LogP contribution in [0, 0.1) is 0 Å². The molecule has 0 saturated heterocycles. The number of carbonyl (C=O) groups is 2. The van der Waals surface area contributed by atoms with E-state index in [4.69, 9.17) is 14.2 Å². The number of benzene rings is 2. The number of allylic oxidation sites excluding steroid dienone is 1. The molecule has 1 heterocycles. The summed E-state index contributed by atoms with van der Waals surface area (Å²) < 4.78 is 15.8. The van der Waals surface area contributed by atoms with Crippen molar-refractivity contribution in [1.82, 2.24) is 0 Å². The van der Waals surface area contributed by atoms with E-state index in [1.54, 1.807) is 54.6 Å². The molecule has 0 unspecified atom stereocenters. The fourth-order valence-corrected chi connectivity index (χ4v) is 3.10. The third kappa shape index (κ3) is 4.66. The van der Waals surface area contributed by atoms with Crippen LogP contribution in [-0.4, -0.2) is 26.0 Å². The van der Waals surface area contributed by atoms with Gasteiger partial charge in [-0.25, -0.2) is 4.79 Å². The molecule has 142 valence electrons. The second kappa shape index (κ2) is 9.01. The van der Waals surface area contributed by atoms with Crippen LogP contribution in [0.5, 0.6) is 17.2 Å². The molecule has 5 nitrogen and oxygen atoms in total. The van der Waals surface area contributed by atoms with Gasteiger partial charge < -0.3 is 14.2 Å². The fraction of sp³-hybridized carbons (Fsp3) is 0.0909. The van der Waals surface area contributed by atoms with Crippen molar-refractivity contribution >= 4 is 29.2 Å². The molecule has 0 saturated carbocycles. The molecule has 3 rings (SSSR count). The van der Waals surface area contributed by atoms with Crippen LogP contribution in [0.4, 0.5) is 0 Å². The van der Waals surface area contributed by atoms with Crippen molar-refractivity contribution in [2.45, 2.75) is 0 Å². The zero-order valence-electron chi connectivity index (χ0n) is 15.4. The third-order valence-electron chi connectivity index (χ3n) is 3.89. The second-order valence-corrected chi connectivity index (χ2v) is 6.65. The summed E-state index contributed by atoms with van der Waals surface area (Å²) in [6.07, 6.45) is 3.10. The maximum absolute atomic E-state index is 12.6. The van der Waals surface area contributed by atoms with Gasteiger partial charge in [-0.2, -0.15) is 0 Å². The molecular formula is C22H18O5S. The molecule has 0 aliphatic carbocycles. The summed E-state index contributed by atoms with van der Waals surface area (Å²) in [4.78, 5) is 25.2. The summed E-state index contributed by atoms with van der Waals surface area (Å²) in [5.41, 5.74) is 1.13. The lowest BCUT2D eigenvalue weighted by molar-refractivity contribution is 0.0739. The lowest BCUT2D eigenvalue weighted by Crippen LogP contribution is -2.06. The number of carbonyl (C=O) groups excluding carboxylic acids is 2. The first-order valence-corrected chi connectivity index (χ1v) is 9.29. The van der Waals surface area contributed by atoms with E-state index in [0.29, 0.717) is 27.7 Å². The third-order valence-corrected chi connectivity index (χ3v) is 4.74. The lowest BCUT2D eigenvalue weighted by Gasteiger charge is -2.08. The predicted octanol–water partition coefficient (Wildman–Crippen LogP) is 4.88. The van der Waals surface area contributed by atoms with Crippen molar-refractivity contribution in [1.29, 1.82) is 0 Å². The van der Waals surface area contributed by atoms with Crippen molar-refractivity contribution in [3.63, 3.8) is 0 Å². The Balaban J connectivity index is 1.76. The van der Waals surface area contributed by atoms with Crippen molar-refractivity contribution < 1.29 is 23.8 Å². The van der Waals surface area contributed by atoms with Crippen LogP contribution in [0.3, 0.4) is 0 Å². The first-order valence-electron chi connectivity index (χ1n) is 8.41. The van der Waals surface area contributed by atoms with Gasteiger partial charge in [-0.1, -0.05) is 24.3 Å². The molecule has 1 aromatic heterocycles. The van der Waals surface area contributed by atoms with Crippen molar-refractivity contribution in [3.05, 3.63) is 82.1 Å². The number of rotatable bonds is 7. The molecule has 28 heavy (non-hydrogen) atoms. The van der Waals surface area contributed by atoms with E-state index in [9.17, 15) is 9.59 Å². The number of ketones is 1. The van der Waals surface area contributed by atoms with E-state index < -0.39 is 5.97 Å². The molecule has 0 radical (unpaired) electrons. The maximum Gasteiger partial charge on any atom is 0.353 e. The quantitative estimate of drug-likeness (QED) is 0.247. The van der Waals surface area contributed by atoms with Crippen LogP contribution in [-0.2, 0) is 0 Å². The molecule has 0 amide bonds. The Kier molecular flexibility index (Phi) is 6.24. The molecule has 0 aliphatic rings. The second-order valence-electron chi connectivity index (χ2n) is 5.70. The van der Waals surface area contributed by atoms with E-state index in [2.05, 4.69) is 0 Å². The van der Waals surface area contributed by atoms with Crippen molar-refractivity contribution in [3.8, 4) is 17.2 Å². The van der Waals surface area contributed by atoms with Gasteiger partial charge in [0, 0.05) is 0 Å². The maximum atomic E-state index is 12.6. The first-order chi connectivity index (χ1) is 13.6. The highest BCUT2D eigenvalue weighted by Crippen LogP contribution is 2.25. The molecular weight excluding hydrogens is 376 g/mol. The average Bonchev–Trinajstić information content (AvgIpc) is 3.27. The molecule has 0 fully saturated rings. The van der Waals surface area contributed by atoms with Crippen molar-refractivity contribution in [2.75, 3.05) is 14.2 Å². The molecule has 6 heteroatoms. The van der Waals surface area contributed by atoms with E-state index >= 15 is 0 Å². The van der Waals surface area contributed by atoms with Gasteiger partial charge in [0.1, 0.15) is 22.1 Å². The van der Waals surface area contributed by atoms with E-state index in [1.165, 1.54) is 31.6 Å². The lowest BCUT2D eigenvalue weighted by atomic mass is 10.1. The largest absolute Gasteiger partial charge is 0.497 e. The highest BCUT2D eigenvalue weighted by atomic mass is 32.1. The SMILES string of the molecule is COc1ccc(OC)c(C(=O)/C=C/c2cccc(OC(=O)c3cccs3)c2)c1. The van der Waals surface area contributed by atoms with Gasteiger partial charge in [-0.15, -0.1) is 11.3 Å². The predicted molar refractivity (Wildman–Crippen MR) is 109 cm³/mol. The van der Waals surface area contributed by atoms with Crippen molar-refractivity contribution in [2.24, 2.45) is 0 Å². The van der Waals surface area contributed by atoms with Crippen LogP contribution < -0.4 is 14.2 Å². The van der Waals surface area contributed by atoms with E-state index in [-0.39, 0.29) is 5.78 Å². The summed E-state index contributed by atoms with van der Waals surface area (Å²) in [5, 5.41) is 1.81. The standard InChI is InChI=1S/C22H18O5S/c1-25-16-9-11-20(26-2)18(14-16)19(23)10-8-15-5-3-6-17(13-15)27-22(24)21-7-4-12-28-21/h3-14H,1-2H3/b10-8+. The van der Waals surface area contributed by atoms with Gasteiger partial charge in [-0.3, -0.25) is 4.79 Å². The highest BCUT2D eigenvalue weighted by Gasteiger charge is 2.12. The summed E-state index contributed by atoms with van der Waals surface area (Å²) in [6, 6.07) is 15.5. The number of hydrogen-bond acceptors (Lipinski definition) is 6. The van der Waals surface area contributed by atoms with Crippen LogP contribution in [0.15, 0.2) is 66.1 Å². The molecule has 0 N–H and O–H groups in total. The van der Waals surface area contributed by atoms with Gasteiger partial charge in [0.05, 0.1) is 19.8 Å². The van der Waals surface area contributed by atoms with Gasteiger partial charge in [-0.05, 0) is 53.4 Å². The first kappa shape index (κ1) is 19.4. The fourth-order valence-electron chi connectivity index (χ4n) is 2.50. The Hall–Kier alpha value is -3.38. The van der Waals surface area contributed by atoms with E-state index in [1.807, 2.05) is 11.4 Å². The van der Waals surface area contributed by atoms with E-state index in [0.717, 1.165) is 5.56 Å². The molecule has 0 aliphatic heterocycles. The Morgan fingerprint density at radius 3 is 2.50 bits per heavy atom. The Labute approximate surface area is 166 Å². The normalized spacial score (nSPS) is 10.6. The molecule has 0 atom stereocenters. The minimum absolute atomic E-state index is 0.225. The number of ether oxygens (including phenoxy) is 3. The minimum Gasteiger partial charge on any atom is -0.497 e. The zero-order chi connectivity index (χ0) is 19.9. The Morgan fingerprint density at radius 2 is 1.79 bits per heavy atom. The number of thiophene rings is 1. The monoisotopic (exact) mass is 394 g/mol. The van der Waals surface area contributed by atoms with Gasteiger partial charge in [0.2, 0.25) is 0 Å². The summed E-state index contributed by atoms with van der Waals surface area (Å²) in [7, 11) is 3.04. The molecule has 0 bridgehead atoms. The number of esters is 1. The van der Waals surface area contributed by atoms with Crippen LogP contribution >= 0.6 is 11.3 Å². The van der Waals surface area contributed by atoms with Crippen LogP contribution in [0.25, 0.3) is 6.08 Å². The number of hydrogen-bond donors (Lipinski definition) is 0. The van der Waals surface area contributed by atoms with Crippen LogP contribution in [0.2, 0.25) is 0 Å². The topological polar surface area (TPSA) is 61.8 Å². The van der Waals surface area contributed by atoms with Crippen LogP contribution in [0.1, 0.15) is 25.6 Å². The van der Waals surface area contributed by atoms with Gasteiger partial charge in [0.25, 0.3) is 0 Å². The zero-order valence-corrected chi connectivity index (χ0v) is 16.2. The Morgan fingerprint density at radius 1 is 0.929 bits per heavy atom. The Bertz CT molecular complexity index is 1010. The van der Waals surface area contributed by atoms with Gasteiger partial charge >= 0.3 is 5.97 Å². The molecule has 2 aromatic carbocycles. The smallest absolute Gasteiger partial charge is 0.353 e. The summed E-state index contributed by atoms with van der Waals surface area (Å²) >= 11 is 1.32. The summed E-state index contributed by atoms with van der Waals surface area (Å²) in [5.74, 6) is 0.811. The molecule has 0 spiro atoms. The average molecular weight is 394 g/mol. The minimum atomic E-state index is -0.409. The molecule has 3 aromatic rings. The summed E-state index contributed by atoms with van der Waals surface area (Å²) in [6.45, 7) is 0. The highest BCUT2D eigenvalue weighted by molar-refractivity contribution is 7.12. The number of methoxy groups -OCH3 is 2.